The number of aliphatic hydroxyl groups is 1. The largest absolute Gasteiger partial charge is 0.425 e. The van der Waals surface area contributed by atoms with Crippen molar-refractivity contribution in [3.8, 4) is 6.07 Å². The van der Waals surface area contributed by atoms with E-state index in [1.807, 2.05) is 0 Å². The van der Waals surface area contributed by atoms with E-state index < -0.39 is 11.7 Å². The van der Waals surface area contributed by atoms with Crippen LogP contribution in [-0.4, -0.2) is 15.0 Å². The molecule has 0 radical (unpaired) electrons. The quantitative estimate of drug-likeness (QED) is 0.440. The van der Waals surface area contributed by atoms with Gasteiger partial charge >= 0.3 is 0 Å². The maximum Gasteiger partial charge on any atom is 0.282 e. The third kappa shape index (κ3) is 1.44. The van der Waals surface area contributed by atoms with Crippen LogP contribution in [0.5, 0.6) is 0 Å². The summed E-state index contributed by atoms with van der Waals surface area (Å²) in [7, 11) is 0. The molecule has 12 heavy (non-hydrogen) atoms. The predicted octanol–water partition coefficient (Wildman–Crippen LogP) is -0.357. The molecule has 0 bridgehead atoms. The number of aliphatic hydroxyl groups excluding tert-OH is 1. The van der Waals surface area contributed by atoms with E-state index in [0.29, 0.717) is 4.73 Å². The molecule has 1 aromatic heterocycles. The summed E-state index contributed by atoms with van der Waals surface area (Å²) in [6.45, 7) is 0. The van der Waals surface area contributed by atoms with Crippen LogP contribution in [0.25, 0.3) is 0 Å². The Kier molecular flexibility index (Phi) is 2.12. The highest BCUT2D eigenvalue weighted by molar-refractivity contribution is 5.17. The molecule has 0 saturated heterocycles. The fourth-order valence-electron chi connectivity index (χ4n) is 0.728. The molecule has 1 heterocycles. The molecule has 1 rings (SSSR count). The molecule has 1 atom stereocenters. The Bertz CT molecular complexity index is 377. The van der Waals surface area contributed by atoms with E-state index in [1.54, 1.807) is 6.07 Å². The lowest BCUT2D eigenvalue weighted by Crippen LogP contribution is -2.16. The van der Waals surface area contributed by atoms with E-state index in [4.69, 9.17) is 15.6 Å². The third-order valence-corrected chi connectivity index (χ3v) is 1.35. The van der Waals surface area contributed by atoms with Crippen molar-refractivity contribution in [3.05, 3.63) is 34.2 Å². The second-order valence-electron chi connectivity index (χ2n) is 2.18. The normalized spacial score (nSPS) is 12.0. The molecule has 0 spiro atoms. The summed E-state index contributed by atoms with van der Waals surface area (Å²) in [6.07, 6.45) is -0.319. The van der Waals surface area contributed by atoms with Crippen LogP contribution in [-0.2, 0) is 0 Å². The maximum atomic E-state index is 10.6. The monoisotopic (exact) mass is 166 g/mol. The van der Waals surface area contributed by atoms with Gasteiger partial charge in [-0.1, -0.05) is 0 Å². The summed E-state index contributed by atoms with van der Waals surface area (Å²) in [5, 5.41) is 26.1. The summed E-state index contributed by atoms with van der Waals surface area (Å²) < 4.78 is 0.315. The van der Waals surface area contributed by atoms with Crippen molar-refractivity contribution in [2.75, 3.05) is 0 Å². The van der Waals surface area contributed by atoms with Gasteiger partial charge in [-0.25, -0.2) is 0 Å². The number of hydrogen-bond donors (Lipinski definition) is 2. The molecule has 0 saturated carbocycles. The zero-order chi connectivity index (χ0) is 9.14. The van der Waals surface area contributed by atoms with Gasteiger partial charge in [-0.15, -0.1) is 0 Å². The van der Waals surface area contributed by atoms with E-state index in [2.05, 4.69) is 0 Å². The second kappa shape index (κ2) is 3.07. The van der Waals surface area contributed by atoms with Gasteiger partial charge in [0.25, 0.3) is 5.56 Å². The van der Waals surface area contributed by atoms with Crippen LogP contribution in [0.1, 0.15) is 11.7 Å². The van der Waals surface area contributed by atoms with Gasteiger partial charge in [0.15, 0.2) is 6.10 Å². The molecule has 5 heteroatoms. The van der Waals surface area contributed by atoms with Crippen LogP contribution in [0.2, 0.25) is 0 Å². The minimum absolute atomic E-state index is 0.180. The molecule has 0 aliphatic carbocycles. The molecule has 0 amide bonds. The zero-order valence-electron chi connectivity index (χ0n) is 6.01. The first-order chi connectivity index (χ1) is 5.65. The standard InChI is InChI=1S/C7H6N2O3/c8-3-6(10)5-1-2-7(11)9(12)4-5/h1-2,4,6,10,12H. The van der Waals surface area contributed by atoms with Crippen molar-refractivity contribution in [2.24, 2.45) is 0 Å². The van der Waals surface area contributed by atoms with Crippen molar-refractivity contribution in [3.63, 3.8) is 0 Å². The molecule has 0 fully saturated rings. The predicted molar refractivity (Wildman–Crippen MR) is 38.5 cm³/mol. The van der Waals surface area contributed by atoms with Gasteiger partial charge < -0.3 is 10.3 Å². The third-order valence-electron chi connectivity index (χ3n) is 1.35. The molecule has 2 N–H and O–H groups in total. The highest BCUT2D eigenvalue weighted by Gasteiger charge is 2.06. The number of pyridine rings is 1. The Balaban J connectivity index is 3.15. The number of nitriles is 1. The van der Waals surface area contributed by atoms with Crippen molar-refractivity contribution < 1.29 is 10.3 Å². The Morgan fingerprint density at radius 2 is 2.25 bits per heavy atom. The number of nitrogens with zero attached hydrogens (tertiary/aromatic N) is 2. The highest BCUT2D eigenvalue weighted by Crippen LogP contribution is 2.07. The summed E-state index contributed by atoms with van der Waals surface area (Å²) in [5.41, 5.74) is -0.427. The molecule has 0 aliphatic rings. The van der Waals surface area contributed by atoms with E-state index in [-0.39, 0.29) is 5.56 Å². The molecule has 0 aliphatic heterocycles. The molecular formula is C7H6N2O3. The smallest absolute Gasteiger partial charge is 0.282 e. The Morgan fingerprint density at radius 1 is 1.58 bits per heavy atom. The summed E-state index contributed by atoms with van der Waals surface area (Å²) in [5.74, 6) is 0. The van der Waals surface area contributed by atoms with Crippen LogP contribution in [0.4, 0.5) is 0 Å². The minimum atomic E-state index is -1.32. The first-order valence-electron chi connectivity index (χ1n) is 3.14. The SMILES string of the molecule is N#CC(O)c1ccc(=O)n(O)c1. The van der Waals surface area contributed by atoms with Crippen LogP contribution in [0, 0.1) is 11.3 Å². The van der Waals surface area contributed by atoms with Crippen molar-refractivity contribution in [1.82, 2.24) is 4.73 Å². The molecule has 0 aromatic carbocycles. The Labute approximate surface area is 67.7 Å². The van der Waals surface area contributed by atoms with Crippen molar-refractivity contribution in [2.45, 2.75) is 6.10 Å². The highest BCUT2D eigenvalue weighted by atomic mass is 16.5. The Hall–Kier alpha value is -1.80. The van der Waals surface area contributed by atoms with Crippen molar-refractivity contribution in [1.29, 1.82) is 5.26 Å². The number of hydrogen-bond acceptors (Lipinski definition) is 4. The Morgan fingerprint density at radius 3 is 2.75 bits per heavy atom. The van der Waals surface area contributed by atoms with Gasteiger partial charge in [0.05, 0.1) is 12.3 Å². The van der Waals surface area contributed by atoms with Gasteiger partial charge in [-0.3, -0.25) is 4.79 Å². The lowest BCUT2D eigenvalue weighted by Gasteiger charge is -2.01. The fourth-order valence-corrected chi connectivity index (χ4v) is 0.728. The van der Waals surface area contributed by atoms with E-state index in [9.17, 15) is 4.79 Å². The van der Waals surface area contributed by atoms with E-state index in [0.717, 1.165) is 12.3 Å². The molecule has 1 aromatic rings. The minimum Gasteiger partial charge on any atom is -0.425 e. The average Bonchev–Trinajstić information content (AvgIpc) is 2.08. The van der Waals surface area contributed by atoms with Crippen LogP contribution >= 0.6 is 0 Å². The van der Waals surface area contributed by atoms with Crippen LogP contribution in [0.3, 0.4) is 0 Å². The zero-order valence-corrected chi connectivity index (χ0v) is 6.01. The van der Waals surface area contributed by atoms with E-state index >= 15 is 0 Å². The summed E-state index contributed by atoms with van der Waals surface area (Å²) >= 11 is 0. The first kappa shape index (κ1) is 8.30. The second-order valence-corrected chi connectivity index (χ2v) is 2.18. The van der Waals surface area contributed by atoms with Gasteiger partial charge in [-0.05, 0) is 6.07 Å². The topological polar surface area (TPSA) is 86.2 Å². The van der Waals surface area contributed by atoms with Gasteiger partial charge in [0, 0.05) is 11.6 Å². The van der Waals surface area contributed by atoms with Crippen molar-refractivity contribution >= 4 is 0 Å². The van der Waals surface area contributed by atoms with E-state index in [1.165, 1.54) is 6.07 Å². The number of aromatic nitrogens is 1. The van der Waals surface area contributed by atoms with Crippen LogP contribution in [0.15, 0.2) is 23.1 Å². The number of rotatable bonds is 1. The molecule has 1 unspecified atom stereocenters. The molecule has 5 nitrogen and oxygen atoms in total. The average molecular weight is 166 g/mol. The molecular weight excluding hydrogens is 160 g/mol. The lowest BCUT2D eigenvalue weighted by atomic mass is 10.2. The van der Waals surface area contributed by atoms with Gasteiger partial charge in [0.1, 0.15) is 0 Å². The maximum absolute atomic E-state index is 10.6. The lowest BCUT2D eigenvalue weighted by molar-refractivity contribution is 0.168. The summed E-state index contributed by atoms with van der Waals surface area (Å²) in [4.78, 5) is 10.6. The van der Waals surface area contributed by atoms with Gasteiger partial charge in [-0.2, -0.15) is 9.99 Å². The van der Waals surface area contributed by atoms with Gasteiger partial charge in [0.2, 0.25) is 0 Å². The fraction of sp³-hybridized carbons (Fsp3) is 0.143. The first-order valence-corrected chi connectivity index (χ1v) is 3.14. The summed E-state index contributed by atoms with van der Waals surface area (Å²) in [6, 6.07) is 3.90. The van der Waals surface area contributed by atoms with Crippen LogP contribution < -0.4 is 5.56 Å². The molecule has 62 valence electrons.